The Hall–Kier alpha value is -1.19. The monoisotopic (exact) mass is 194 g/mol. The van der Waals surface area contributed by atoms with E-state index in [2.05, 4.69) is 5.10 Å². The molecule has 0 aliphatic heterocycles. The summed E-state index contributed by atoms with van der Waals surface area (Å²) in [6.07, 6.45) is 6.35. The third-order valence-electron chi connectivity index (χ3n) is 3.15. The molecule has 78 valence electrons. The molecule has 1 aliphatic carbocycles. The average Bonchev–Trinajstić information content (AvgIpc) is 2.47. The van der Waals surface area contributed by atoms with Crippen LogP contribution in [0.25, 0.3) is 0 Å². The van der Waals surface area contributed by atoms with Crippen LogP contribution < -0.4 is 11.5 Å². The first-order chi connectivity index (χ1) is 6.70. The number of hydrogen-bond donors (Lipinski definition) is 2. The second-order valence-corrected chi connectivity index (χ2v) is 4.14. The normalized spacial score (nSPS) is 18.6. The molecule has 4 N–H and O–H groups in total. The molecule has 1 heterocycles. The van der Waals surface area contributed by atoms with Gasteiger partial charge in [-0.15, -0.1) is 0 Å². The van der Waals surface area contributed by atoms with Crippen LogP contribution in [0, 0.1) is 0 Å². The van der Waals surface area contributed by atoms with E-state index in [9.17, 15) is 0 Å². The molecule has 0 unspecified atom stereocenters. The van der Waals surface area contributed by atoms with Crippen LogP contribution in [0.3, 0.4) is 0 Å². The van der Waals surface area contributed by atoms with Crippen molar-refractivity contribution in [3.63, 3.8) is 0 Å². The maximum Gasteiger partial charge on any atom is 0.145 e. The van der Waals surface area contributed by atoms with E-state index >= 15 is 0 Å². The lowest BCUT2D eigenvalue weighted by molar-refractivity contribution is 0.434. The number of aromatic nitrogens is 2. The van der Waals surface area contributed by atoms with Crippen LogP contribution in [0.15, 0.2) is 0 Å². The predicted molar refractivity (Wildman–Crippen MR) is 57.9 cm³/mol. The van der Waals surface area contributed by atoms with E-state index in [0.29, 0.717) is 17.4 Å². The Labute approximate surface area is 84.3 Å². The van der Waals surface area contributed by atoms with Gasteiger partial charge in [-0.1, -0.05) is 19.3 Å². The topological polar surface area (TPSA) is 69.9 Å². The van der Waals surface area contributed by atoms with Crippen LogP contribution in [0.4, 0.5) is 11.5 Å². The maximum atomic E-state index is 5.93. The number of aryl methyl sites for hydroxylation is 1. The van der Waals surface area contributed by atoms with Gasteiger partial charge in [0.25, 0.3) is 0 Å². The van der Waals surface area contributed by atoms with E-state index in [1.54, 1.807) is 4.68 Å². The van der Waals surface area contributed by atoms with Gasteiger partial charge in [0.1, 0.15) is 5.82 Å². The minimum atomic E-state index is 0.534. The van der Waals surface area contributed by atoms with Crippen LogP contribution in [0.5, 0.6) is 0 Å². The molecule has 14 heavy (non-hydrogen) atoms. The van der Waals surface area contributed by atoms with Gasteiger partial charge >= 0.3 is 0 Å². The Balaban J connectivity index is 2.26. The molecule has 1 saturated carbocycles. The zero-order valence-corrected chi connectivity index (χ0v) is 8.66. The molecule has 1 fully saturated rings. The molecule has 0 radical (unpaired) electrons. The summed E-state index contributed by atoms with van der Waals surface area (Å²) in [5.74, 6) is 1.14. The van der Waals surface area contributed by atoms with E-state index in [4.69, 9.17) is 11.5 Å². The van der Waals surface area contributed by atoms with Gasteiger partial charge in [-0.2, -0.15) is 5.10 Å². The molecule has 1 aliphatic rings. The number of nitrogens with zero attached hydrogens (tertiary/aromatic N) is 2. The summed E-state index contributed by atoms with van der Waals surface area (Å²) < 4.78 is 1.68. The smallest absolute Gasteiger partial charge is 0.145 e. The minimum Gasteiger partial charge on any atom is -0.394 e. The molecular formula is C10H18N4. The van der Waals surface area contributed by atoms with Gasteiger partial charge in [-0.3, -0.25) is 4.68 Å². The lowest BCUT2D eigenvalue weighted by Crippen LogP contribution is -2.07. The lowest BCUT2D eigenvalue weighted by atomic mass is 9.86. The molecule has 0 spiro atoms. The molecule has 2 rings (SSSR count). The molecule has 0 amide bonds. The van der Waals surface area contributed by atoms with E-state index < -0.39 is 0 Å². The number of nitrogen functional groups attached to an aromatic ring is 2. The van der Waals surface area contributed by atoms with Crippen LogP contribution in [0.1, 0.15) is 43.7 Å². The summed E-state index contributed by atoms with van der Waals surface area (Å²) in [4.78, 5) is 0. The van der Waals surface area contributed by atoms with Gasteiger partial charge < -0.3 is 11.5 Å². The van der Waals surface area contributed by atoms with E-state index in [1.165, 1.54) is 32.1 Å². The lowest BCUT2D eigenvalue weighted by Gasteiger charge is -2.19. The van der Waals surface area contributed by atoms with Crippen molar-refractivity contribution in [3.8, 4) is 0 Å². The largest absolute Gasteiger partial charge is 0.394 e. The molecule has 4 heteroatoms. The Morgan fingerprint density at radius 2 is 1.86 bits per heavy atom. The molecule has 1 aromatic heterocycles. The van der Waals surface area contributed by atoms with Crippen molar-refractivity contribution < 1.29 is 0 Å². The highest BCUT2D eigenvalue weighted by atomic mass is 15.3. The molecule has 0 atom stereocenters. The van der Waals surface area contributed by atoms with Gasteiger partial charge in [0.15, 0.2) is 0 Å². The Morgan fingerprint density at radius 3 is 2.36 bits per heavy atom. The Morgan fingerprint density at radius 1 is 1.21 bits per heavy atom. The van der Waals surface area contributed by atoms with Gasteiger partial charge in [-0.25, -0.2) is 0 Å². The predicted octanol–water partition coefficient (Wildman–Crippen LogP) is 1.63. The summed E-state index contributed by atoms with van der Waals surface area (Å²) in [7, 11) is 1.85. The standard InChI is InChI=1S/C10H18N4/c1-14-10(12)8(11)9(13-14)7-5-3-2-4-6-7/h7H,2-6,11-12H2,1H3. The number of anilines is 2. The SMILES string of the molecule is Cn1nc(C2CCCCC2)c(N)c1N. The fraction of sp³-hybridized carbons (Fsp3) is 0.700. The maximum absolute atomic E-state index is 5.93. The zero-order chi connectivity index (χ0) is 10.1. The van der Waals surface area contributed by atoms with Crippen molar-refractivity contribution in [1.29, 1.82) is 0 Å². The fourth-order valence-electron chi connectivity index (χ4n) is 2.25. The van der Waals surface area contributed by atoms with Crippen LogP contribution in [-0.2, 0) is 7.05 Å². The fourth-order valence-corrected chi connectivity index (χ4v) is 2.25. The second kappa shape index (κ2) is 3.52. The molecule has 0 aromatic carbocycles. The van der Waals surface area contributed by atoms with Crippen LogP contribution >= 0.6 is 0 Å². The first-order valence-electron chi connectivity index (χ1n) is 5.28. The van der Waals surface area contributed by atoms with Crippen molar-refractivity contribution in [1.82, 2.24) is 9.78 Å². The van der Waals surface area contributed by atoms with Gasteiger partial charge in [0.05, 0.1) is 11.4 Å². The van der Waals surface area contributed by atoms with Crippen LogP contribution in [-0.4, -0.2) is 9.78 Å². The van der Waals surface area contributed by atoms with E-state index in [1.807, 2.05) is 7.05 Å². The van der Waals surface area contributed by atoms with Crippen molar-refractivity contribution in [2.45, 2.75) is 38.0 Å². The van der Waals surface area contributed by atoms with Crippen molar-refractivity contribution >= 4 is 11.5 Å². The molecular weight excluding hydrogens is 176 g/mol. The van der Waals surface area contributed by atoms with Crippen molar-refractivity contribution in [2.75, 3.05) is 11.5 Å². The summed E-state index contributed by atoms with van der Waals surface area (Å²) in [5, 5.41) is 4.40. The molecule has 0 saturated heterocycles. The van der Waals surface area contributed by atoms with Crippen molar-refractivity contribution in [2.24, 2.45) is 7.05 Å². The molecule has 1 aromatic rings. The average molecular weight is 194 g/mol. The van der Waals surface area contributed by atoms with Gasteiger partial charge in [0.2, 0.25) is 0 Å². The third-order valence-corrected chi connectivity index (χ3v) is 3.15. The first kappa shape index (κ1) is 9.37. The summed E-state index contributed by atoms with van der Waals surface area (Å²) in [5.41, 5.74) is 13.4. The van der Waals surface area contributed by atoms with E-state index in [0.717, 1.165) is 5.69 Å². The van der Waals surface area contributed by atoms with Crippen LogP contribution in [0.2, 0.25) is 0 Å². The summed E-state index contributed by atoms with van der Waals surface area (Å²) >= 11 is 0. The molecule has 4 nitrogen and oxygen atoms in total. The van der Waals surface area contributed by atoms with Gasteiger partial charge in [-0.05, 0) is 12.8 Å². The number of hydrogen-bond acceptors (Lipinski definition) is 3. The quantitative estimate of drug-likeness (QED) is 0.714. The summed E-state index contributed by atoms with van der Waals surface area (Å²) in [6.45, 7) is 0. The first-order valence-corrected chi connectivity index (χ1v) is 5.28. The number of rotatable bonds is 1. The molecule has 0 bridgehead atoms. The Kier molecular flexibility index (Phi) is 2.35. The minimum absolute atomic E-state index is 0.534. The highest BCUT2D eigenvalue weighted by Crippen LogP contribution is 2.36. The van der Waals surface area contributed by atoms with Crippen molar-refractivity contribution in [3.05, 3.63) is 5.69 Å². The second-order valence-electron chi connectivity index (χ2n) is 4.14. The zero-order valence-electron chi connectivity index (χ0n) is 8.66. The number of nitrogens with two attached hydrogens (primary N) is 2. The summed E-state index contributed by atoms with van der Waals surface area (Å²) in [6, 6.07) is 0. The highest BCUT2D eigenvalue weighted by Gasteiger charge is 2.22. The van der Waals surface area contributed by atoms with Gasteiger partial charge in [0, 0.05) is 13.0 Å². The highest BCUT2D eigenvalue weighted by molar-refractivity contribution is 5.63. The Bertz CT molecular complexity index is 323. The van der Waals surface area contributed by atoms with E-state index in [-0.39, 0.29) is 0 Å². The third kappa shape index (κ3) is 1.45.